The molecule has 0 spiro atoms. The van der Waals surface area contributed by atoms with Crippen LogP contribution in [0.1, 0.15) is 5.56 Å². The number of nitrogens with one attached hydrogen (secondary N) is 1. The maximum absolute atomic E-state index is 12.7. The monoisotopic (exact) mass is 419 g/mol. The van der Waals surface area contributed by atoms with Crippen LogP contribution in [0, 0.1) is 0 Å². The van der Waals surface area contributed by atoms with E-state index in [1.807, 2.05) is 59.2 Å². The summed E-state index contributed by atoms with van der Waals surface area (Å²) in [7, 11) is -3.73. The van der Waals surface area contributed by atoms with Gasteiger partial charge in [0.25, 0.3) is 0 Å². The first-order chi connectivity index (χ1) is 14.4. The second-order valence-electron chi connectivity index (χ2n) is 7.01. The summed E-state index contributed by atoms with van der Waals surface area (Å²) in [6.07, 6.45) is 0. The summed E-state index contributed by atoms with van der Waals surface area (Å²) >= 11 is 0. The van der Waals surface area contributed by atoms with Crippen LogP contribution in [0.25, 0.3) is 22.2 Å². The van der Waals surface area contributed by atoms with Crippen LogP contribution in [0.5, 0.6) is 0 Å². The van der Waals surface area contributed by atoms with Crippen LogP contribution in [0.4, 0.5) is 0 Å². The summed E-state index contributed by atoms with van der Waals surface area (Å²) in [5.41, 5.74) is 3.80. The molecule has 0 atom stereocenters. The van der Waals surface area contributed by atoms with Crippen molar-refractivity contribution < 1.29 is 13.2 Å². The lowest BCUT2D eigenvalue weighted by Gasteiger charge is -2.12. The number of benzene rings is 3. The largest absolute Gasteiger partial charge is 0.350 e. The number of fused-ring (bicyclic) bond motifs is 1. The molecule has 0 radical (unpaired) electrons. The molecule has 30 heavy (non-hydrogen) atoms. The highest BCUT2D eigenvalue weighted by Gasteiger charge is 2.13. The highest BCUT2D eigenvalue weighted by molar-refractivity contribution is 7.89. The number of aromatic nitrogens is 1. The minimum Gasteiger partial charge on any atom is -0.350 e. The highest BCUT2D eigenvalue weighted by Crippen LogP contribution is 2.28. The van der Waals surface area contributed by atoms with Gasteiger partial charge in [0, 0.05) is 23.1 Å². The second-order valence-corrected chi connectivity index (χ2v) is 8.57. The average molecular weight is 420 g/mol. The van der Waals surface area contributed by atoms with Crippen molar-refractivity contribution in [3.8, 4) is 11.3 Å². The quantitative estimate of drug-likeness (QED) is 0.502. The molecule has 7 heteroatoms. The SMILES string of the molecule is NS(=O)(=O)c1ccc(CNC(=O)Cn2c(-c3ccccc3)cc3ccccc32)cc1. The number of carbonyl (C=O) groups is 1. The molecule has 0 saturated carbocycles. The van der Waals surface area contributed by atoms with Crippen molar-refractivity contribution in [3.05, 3.63) is 90.5 Å². The normalized spacial score (nSPS) is 11.5. The first-order valence-electron chi connectivity index (χ1n) is 9.44. The van der Waals surface area contributed by atoms with Crippen molar-refractivity contribution >= 4 is 26.8 Å². The Morgan fingerprint density at radius 1 is 0.900 bits per heavy atom. The van der Waals surface area contributed by atoms with Crippen LogP contribution in [-0.2, 0) is 27.9 Å². The van der Waals surface area contributed by atoms with Gasteiger partial charge in [0.2, 0.25) is 15.9 Å². The number of carbonyl (C=O) groups excluding carboxylic acids is 1. The Balaban J connectivity index is 1.53. The number of sulfonamides is 1. The Hall–Kier alpha value is -3.42. The molecule has 4 rings (SSSR count). The van der Waals surface area contributed by atoms with Crippen molar-refractivity contribution in [2.24, 2.45) is 5.14 Å². The van der Waals surface area contributed by atoms with Crippen molar-refractivity contribution in [3.63, 3.8) is 0 Å². The maximum Gasteiger partial charge on any atom is 0.240 e. The molecular weight excluding hydrogens is 398 g/mol. The third-order valence-corrected chi connectivity index (χ3v) is 5.85. The van der Waals surface area contributed by atoms with Gasteiger partial charge < -0.3 is 9.88 Å². The molecule has 4 aromatic rings. The van der Waals surface area contributed by atoms with E-state index in [1.54, 1.807) is 12.1 Å². The lowest BCUT2D eigenvalue weighted by molar-refractivity contribution is -0.121. The molecule has 0 unspecified atom stereocenters. The topological polar surface area (TPSA) is 94.2 Å². The molecule has 0 fully saturated rings. The molecule has 0 aliphatic rings. The van der Waals surface area contributed by atoms with E-state index in [2.05, 4.69) is 11.4 Å². The number of amides is 1. The molecule has 1 amide bonds. The van der Waals surface area contributed by atoms with Gasteiger partial charge in [-0.05, 0) is 35.4 Å². The fraction of sp³-hybridized carbons (Fsp3) is 0.0870. The van der Waals surface area contributed by atoms with E-state index in [0.29, 0.717) is 6.54 Å². The number of primary sulfonamides is 1. The van der Waals surface area contributed by atoms with E-state index in [0.717, 1.165) is 27.7 Å². The third-order valence-electron chi connectivity index (χ3n) is 4.92. The molecule has 6 nitrogen and oxygen atoms in total. The minimum atomic E-state index is -3.73. The summed E-state index contributed by atoms with van der Waals surface area (Å²) in [6.45, 7) is 0.469. The molecule has 0 saturated heterocycles. The molecule has 1 aromatic heterocycles. The number of rotatable bonds is 6. The molecular formula is C23H21N3O3S. The Labute approximate surface area is 175 Å². The van der Waals surface area contributed by atoms with Gasteiger partial charge in [-0.25, -0.2) is 13.6 Å². The third kappa shape index (κ3) is 4.27. The Kier molecular flexibility index (Phi) is 5.39. The van der Waals surface area contributed by atoms with Gasteiger partial charge in [-0.2, -0.15) is 0 Å². The van der Waals surface area contributed by atoms with Gasteiger partial charge in [0.15, 0.2) is 0 Å². The zero-order chi connectivity index (χ0) is 21.1. The van der Waals surface area contributed by atoms with Crippen LogP contribution in [0.15, 0.2) is 89.8 Å². The second kappa shape index (κ2) is 8.14. The highest BCUT2D eigenvalue weighted by atomic mass is 32.2. The summed E-state index contributed by atoms with van der Waals surface area (Å²) in [5.74, 6) is -0.135. The van der Waals surface area contributed by atoms with E-state index in [4.69, 9.17) is 5.14 Å². The molecule has 3 aromatic carbocycles. The fourth-order valence-corrected chi connectivity index (χ4v) is 3.94. The van der Waals surface area contributed by atoms with Gasteiger partial charge in [-0.3, -0.25) is 4.79 Å². The summed E-state index contributed by atoms with van der Waals surface area (Å²) in [5, 5.41) is 9.08. The van der Waals surface area contributed by atoms with Crippen LogP contribution in [0.3, 0.4) is 0 Å². The number of nitrogens with two attached hydrogens (primary N) is 1. The van der Waals surface area contributed by atoms with Gasteiger partial charge in [-0.1, -0.05) is 60.7 Å². The molecule has 3 N–H and O–H groups in total. The van der Waals surface area contributed by atoms with Gasteiger partial charge in [-0.15, -0.1) is 0 Å². The average Bonchev–Trinajstić information content (AvgIpc) is 3.11. The van der Waals surface area contributed by atoms with Gasteiger partial charge in [0.1, 0.15) is 6.54 Å². The van der Waals surface area contributed by atoms with Crippen LogP contribution < -0.4 is 10.5 Å². The van der Waals surface area contributed by atoms with Gasteiger partial charge in [0.05, 0.1) is 4.90 Å². The van der Waals surface area contributed by atoms with Crippen molar-refractivity contribution in [2.45, 2.75) is 18.0 Å². The molecule has 0 bridgehead atoms. The number of para-hydroxylation sites is 1. The Morgan fingerprint density at radius 3 is 2.27 bits per heavy atom. The lowest BCUT2D eigenvalue weighted by Crippen LogP contribution is -2.27. The Morgan fingerprint density at radius 2 is 1.57 bits per heavy atom. The summed E-state index contributed by atoms with van der Waals surface area (Å²) in [6, 6.07) is 26.2. The lowest BCUT2D eigenvalue weighted by atomic mass is 10.1. The molecule has 1 heterocycles. The van der Waals surface area contributed by atoms with E-state index < -0.39 is 10.0 Å². The predicted octanol–water partition coefficient (Wildman–Crippen LogP) is 3.27. The Bertz CT molecular complexity index is 1290. The minimum absolute atomic E-state index is 0.0453. The fourth-order valence-electron chi connectivity index (χ4n) is 3.43. The van der Waals surface area contributed by atoms with E-state index in [9.17, 15) is 13.2 Å². The number of hydrogen-bond acceptors (Lipinski definition) is 3. The molecule has 0 aliphatic heterocycles. The van der Waals surface area contributed by atoms with Crippen LogP contribution in [-0.4, -0.2) is 18.9 Å². The first-order valence-corrected chi connectivity index (χ1v) is 11.0. The summed E-state index contributed by atoms with van der Waals surface area (Å²) in [4.78, 5) is 12.7. The van der Waals surface area contributed by atoms with Crippen molar-refractivity contribution in [1.29, 1.82) is 0 Å². The predicted molar refractivity (Wildman–Crippen MR) is 117 cm³/mol. The van der Waals surface area contributed by atoms with E-state index in [-0.39, 0.29) is 17.3 Å². The maximum atomic E-state index is 12.7. The number of nitrogens with zero attached hydrogens (tertiary/aromatic N) is 1. The first kappa shape index (κ1) is 19.9. The zero-order valence-corrected chi connectivity index (χ0v) is 17.0. The van der Waals surface area contributed by atoms with Gasteiger partial charge >= 0.3 is 0 Å². The van der Waals surface area contributed by atoms with Crippen molar-refractivity contribution in [2.75, 3.05) is 0 Å². The summed E-state index contributed by atoms with van der Waals surface area (Å²) < 4.78 is 24.7. The molecule has 0 aliphatic carbocycles. The van der Waals surface area contributed by atoms with E-state index in [1.165, 1.54) is 12.1 Å². The van der Waals surface area contributed by atoms with Crippen LogP contribution >= 0.6 is 0 Å². The number of hydrogen-bond donors (Lipinski definition) is 2. The standard InChI is InChI=1S/C23H21N3O3S/c24-30(28,29)20-12-10-17(11-13-20)15-25-23(27)16-26-21-9-5-4-8-19(21)14-22(26)18-6-2-1-3-7-18/h1-14H,15-16H2,(H,25,27)(H2,24,28,29). The molecule has 152 valence electrons. The van der Waals surface area contributed by atoms with E-state index >= 15 is 0 Å². The zero-order valence-electron chi connectivity index (χ0n) is 16.2. The smallest absolute Gasteiger partial charge is 0.240 e. The van der Waals surface area contributed by atoms with Crippen LogP contribution in [0.2, 0.25) is 0 Å². The van der Waals surface area contributed by atoms with Crippen molar-refractivity contribution in [1.82, 2.24) is 9.88 Å².